The smallest absolute Gasteiger partial charge is 0.194 e. The Labute approximate surface area is 259 Å². The zero-order valence-corrected chi connectivity index (χ0v) is 26.1. The molecule has 2 heterocycles. The van der Waals surface area contributed by atoms with Gasteiger partial charge in [-0.1, -0.05) is 89.5 Å². The van der Waals surface area contributed by atoms with Crippen molar-refractivity contribution in [2.75, 3.05) is 0 Å². The molecule has 0 atom stereocenters. The third-order valence-electron chi connectivity index (χ3n) is 6.16. The molecule has 0 radical (unpaired) electrons. The van der Waals surface area contributed by atoms with Gasteiger partial charge in [0.05, 0.1) is 20.1 Å². The average Bonchev–Trinajstić information content (AvgIpc) is 3.46. The van der Waals surface area contributed by atoms with Gasteiger partial charge in [-0.3, -0.25) is 0 Å². The molecule has 6 heteroatoms. The zero-order valence-electron chi connectivity index (χ0n) is 21.4. The van der Waals surface area contributed by atoms with Crippen LogP contribution in [0.25, 0.3) is 21.9 Å². The third kappa shape index (κ3) is 6.02. The van der Waals surface area contributed by atoms with Crippen molar-refractivity contribution in [1.29, 1.82) is 0 Å². The van der Waals surface area contributed by atoms with Gasteiger partial charge < -0.3 is 8.83 Å². The number of para-hydroxylation sites is 2. The highest BCUT2D eigenvalue weighted by Crippen LogP contribution is 2.37. The van der Waals surface area contributed by atoms with Crippen molar-refractivity contribution in [3.63, 3.8) is 0 Å². The first-order valence-corrected chi connectivity index (χ1v) is 14.6. The highest BCUT2D eigenvalue weighted by Gasteiger charge is 2.14. The summed E-state index contributed by atoms with van der Waals surface area (Å²) >= 11 is 18.9. The monoisotopic (exact) mass is 688 g/mol. The van der Waals surface area contributed by atoms with Gasteiger partial charge in [-0.05, 0) is 99.2 Å². The first kappa shape index (κ1) is 28.2. The standard InChI is InChI=1S/C26H17ClO.C8H3Br2ClO/c1-18-8-3-5-10-20(18)14-16-22-23-12-7-13-24(27)26(23)28-25(22)17-15-21-11-6-4-9-19(21)2;9-6-4-2-1-3-5(11)7(4)12-8(6)10/h3-13H,1-2H3;1-3H. The van der Waals surface area contributed by atoms with Crippen LogP contribution in [0.3, 0.4) is 0 Å². The van der Waals surface area contributed by atoms with Gasteiger partial charge in [0.25, 0.3) is 0 Å². The first-order valence-electron chi connectivity index (χ1n) is 12.2. The molecular formula is C34H20Br2Cl2O2. The van der Waals surface area contributed by atoms with E-state index in [1.807, 2.05) is 92.7 Å². The van der Waals surface area contributed by atoms with Gasteiger partial charge in [0.2, 0.25) is 0 Å². The quantitative estimate of drug-likeness (QED) is 0.148. The molecule has 4 aromatic carbocycles. The maximum absolute atomic E-state index is 6.34. The van der Waals surface area contributed by atoms with E-state index in [1.165, 1.54) is 0 Å². The summed E-state index contributed by atoms with van der Waals surface area (Å²) in [7, 11) is 0. The van der Waals surface area contributed by atoms with Crippen LogP contribution in [-0.4, -0.2) is 0 Å². The van der Waals surface area contributed by atoms with Crippen molar-refractivity contribution in [1.82, 2.24) is 0 Å². The molecule has 6 rings (SSSR count). The number of aryl methyl sites for hydroxylation is 2. The first-order chi connectivity index (χ1) is 19.3. The van der Waals surface area contributed by atoms with Crippen LogP contribution in [0.15, 0.2) is 103 Å². The highest BCUT2D eigenvalue weighted by molar-refractivity contribution is 9.13. The summed E-state index contributed by atoms with van der Waals surface area (Å²) < 4.78 is 12.9. The van der Waals surface area contributed by atoms with Crippen LogP contribution in [0.4, 0.5) is 0 Å². The summed E-state index contributed by atoms with van der Waals surface area (Å²) in [5.74, 6) is 13.4. The molecule has 2 nitrogen and oxygen atoms in total. The third-order valence-corrected chi connectivity index (χ3v) is 8.63. The molecular weight excluding hydrogens is 671 g/mol. The van der Waals surface area contributed by atoms with Crippen molar-refractivity contribution >= 4 is 77.0 Å². The summed E-state index contributed by atoms with van der Waals surface area (Å²) in [6.45, 7) is 4.09. The molecule has 2 aromatic heterocycles. The lowest BCUT2D eigenvalue weighted by Gasteiger charge is -1.95. The fourth-order valence-corrected chi connectivity index (χ4v) is 5.20. The highest BCUT2D eigenvalue weighted by atomic mass is 79.9. The Morgan fingerprint density at radius 3 is 1.68 bits per heavy atom. The zero-order chi connectivity index (χ0) is 28.2. The van der Waals surface area contributed by atoms with Crippen LogP contribution in [0.2, 0.25) is 10.0 Å². The van der Waals surface area contributed by atoms with Crippen LogP contribution in [0.1, 0.15) is 33.6 Å². The van der Waals surface area contributed by atoms with E-state index in [-0.39, 0.29) is 0 Å². The van der Waals surface area contributed by atoms with E-state index < -0.39 is 0 Å². The Hall–Kier alpha value is -3.38. The maximum atomic E-state index is 6.34. The van der Waals surface area contributed by atoms with E-state index in [2.05, 4.69) is 55.5 Å². The molecule has 0 aliphatic heterocycles. The normalized spacial score (nSPS) is 10.3. The fourth-order valence-electron chi connectivity index (χ4n) is 4.00. The predicted octanol–water partition coefficient (Wildman–Crippen LogP) is 11.1. The molecule has 0 aliphatic carbocycles. The Morgan fingerprint density at radius 1 is 0.575 bits per heavy atom. The van der Waals surface area contributed by atoms with Crippen molar-refractivity contribution in [3.8, 4) is 23.7 Å². The maximum Gasteiger partial charge on any atom is 0.194 e. The van der Waals surface area contributed by atoms with Gasteiger partial charge in [0.1, 0.15) is 0 Å². The summed E-state index contributed by atoms with van der Waals surface area (Å²) in [4.78, 5) is 0. The van der Waals surface area contributed by atoms with E-state index in [0.29, 0.717) is 31.6 Å². The Morgan fingerprint density at radius 2 is 1.10 bits per heavy atom. The van der Waals surface area contributed by atoms with Crippen LogP contribution < -0.4 is 0 Å². The fraction of sp³-hybridized carbons (Fsp3) is 0.0588. The minimum atomic E-state index is 0.535. The Kier molecular flexibility index (Phi) is 8.75. The van der Waals surface area contributed by atoms with Gasteiger partial charge in [0.15, 0.2) is 21.6 Å². The molecule has 6 aromatic rings. The van der Waals surface area contributed by atoms with Crippen molar-refractivity contribution in [2.45, 2.75) is 13.8 Å². The lowest BCUT2D eigenvalue weighted by Crippen LogP contribution is -1.83. The van der Waals surface area contributed by atoms with Crippen LogP contribution in [0, 0.1) is 37.5 Å². The van der Waals surface area contributed by atoms with Gasteiger partial charge in [-0.2, -0.15) is 0 Å². The predicted molar refractivity (Wildman–Crippen MR) is 172 cm³/mol. The molecule has 196 valence electrons. The number of furan rings is 2. The summed E-state index contributed by atoms with van der Waals surface area (Å²) in [6, 6.07) is 27.4. The lowest BCUT2D eigenvalue weighted by molar-refractivity contribution is 0.585. The number of halogens is 4. The van der Waals surface area contributed by atoms with Crippen molar-refractivity contribution < 1.29 is 8.83 Å². The second-order valence-corrected chi connectivity index (χ2v) is 11.2. The molecule has 0 saturated heterocycles. The van der Waals surface area contributed by atoms with Crippen molar-refractivity contribution in [2.24, 2.45) is 0 Å². The summed E-state index contributed by atoms with van der Waals surface area (Å²) in [6.07, 6.45) is 0. The number of hydrogen-bond acceptors (Lipinski definition) is 2. The van der Waals surface area contributed by atoms with E-state index >= 15 is 0 Å². The molecule has 0 saturated carbocycles. The van der Waals surface area contributed by atoms with E-state index in [9.17, 15) is 0 Å². The minimum Gasteiger partial charge on any atom is -0.447 e. The molecule has 40 heavy (non-hydrogen) atoms. The summed E-state index contributed by atoms with van der Waals surface area (Å²) in [5, 5.41) is 3.04. The Bertz CT molecular complexity index is 2000. The molecule has 0 aliphatic rings. The SMILES string of the molecule is Cc1ccccc1C#Cc1oc2c(Cl)cccc2c1C#Cc1ccccc1C.Clc1cccc2c(Br)c(Br)oc12. The van der Waals surface area contributed by atoms with E-state index in [1.54, 1.807) is 6.07 Å². The molecule has 0 N–H and O–H groups in total. The molecule has 0 bridgehead atoms. The molecule has 0 amide bonds. The van der Waals surface area contributed by atoms with Crippen LogP contribution >= 0.6 is 55.1 Å². The largest absolute Gasteiger partial charge is 0.447 e. The van der Waals surface area contributed by atoms with Crippen molar-refractivity contribution in [3.05, 3.63) is 138 Å². The topological polar surface area (TPSA) is 26.3 Å². The number of fused-ring (bicyclic) bond motifs is 2. The van der Waals surface area contributed by atoms with Crippen LogP contribution in [0.5, 0.6) is 0 Å². The Balaban J connectivity index is 0.000000223. The van der Waals surface area contributed by atoms with Crippen LogP contribution in [-0.2, 0) is 0 Å². The molecule has 0 unspecified atom stereocenters. The van der Waals surface area contributed by atoms with Gasteiger partial charge in [-0.15, -0.1) is 0 Å². The van der Waals surface area contributed by atoms with E-state index in [0.717, 1.165) is 43.1 Å². The molecule has 0 fully saturated rings. The second kappa shape index (κ2) is 12.4. The number of benzene rings is 4. The molecule has 0 spiro atoms. The summed E-state index contributed by atoms with van der Waals surface area (Å²) in [5.41, 5.74) is 6.29. The number of hydrogen-bond donors (Lipinski definition) is 0. The van der Waals surface area contributed by atoms with Gasteiger partial charge >= 0.3 is 0 Å². The average molecular weight is 691 g/mol. The lowest BCUT2D eigenvalue weighted by atomic mass is 10.1. The van der Waals surface area contributed by atoms with Gasteiger partial charge in [-0.25, -0.2) is 0 Å². The minimum absolute atomic E-state index is 0.535. The second-order valence-electron chi connectivity index (χ2n) is 8.86. The number of rotatable bonds is 0. The van der Waals surface area contributed by atoms with Gasteiger partial charge in [0, 0.05) is 21.9 Å². The van der Waals surface area contributed by atoms with E-state index in [4.69, 9.17) is 32.0 Å².